The second-order valence-electron chi connectivity index (χ2n) is 4.06. The van der Waals surface area contributed by atoms with Crippen LogP contribution in [0.2, 0.25) is 5.02 Å². The second kappa shape index (κ2) is 5.82. The smallest absolute Gasteiger partial charge is 0.125 e. The molecule has 1 saturated heterocycles. The minimum absolute atomic E-state index is 0. The number of likely N-dealkylation sites (tertiary alicyclic amines) is 1. The predicted octanol–water partition coefficient (Wildman–Crippen LogP) is 2.43. The first-order valence-electron chi connectivity index (χ1n) is 5.06. The first-order chi connectivity index (χ1) is 7.13. The number of rotatable bonds is 2. The van der Waals surface area contributed by atoms with Crippen LogP contribution in [0.15, 0.2) is 18.2 Å². The highest BCUT2D eigenvalue weighted by atomic mass is 35.5. The van der Waals surface area contributed by atoms with Crippen molar-refractivity contribution in [3.05, 3.63) is 34.6 Å². The van der Waals surface area contributed by atoms with Gasteiger partial charge in [-0.15, -0.1) is 12.4 Å². The maximum absolute atomic E-state index is 13.1. The van der Waals surface area contributed by atoms with Crippen LogP contribution in [-0.2, 0) is 6.54 Å². The Morgan fingerprint density at radius 3 is 2.75 bits per heavy atom. The van der Waals surface area contributed by atoms with Crippen molar-refractivity contribution in [1.82, 2.24) is 4.90 Å². The second-order valence-corrected chi connectivity index (χ2v) is 4.50. The highest BCUT2D eigenvalue weighted by Crippen LogP contribution is 2.17. The molecule has 1 aliphatic rings. The van der Waals surface area contributed by atoms with Crippen molar-refractivity contribution >= 4 is 24.0 Å². The monoisotopic (exact) mass is 264 g/mol. The standard InChI is InChI=1S/C11H14ClFN2.ClH/c12-9-3-8(4-10(13)5-9)6-15-2-1-11(14)7-15;/h3-5,11H,1-2,6-7,14H2;1H. The average Bonchev–Trinajstić information content (AvgIpc) is 2.49. The van der Waals surface area contributed by atoms with Gasteiger partial charge in [0.2, 0.25) is 0 Å². The third kappa shape index (κ3) is 3.59. The van der Waals surface area contributed by atoms with Crippen molar-refractivity contribution in [2.45, 2.75) is 19.0 Å². The number of halogens is 3. The van der Waals surface area contributed by atoms with Gasteiger partial charge < -0.3 is 5.73 Å². The molecule has 0 spiro atoms. The van der Waals surface area contributed by atoms with Gasteiger partial charge in [-0.25, -0.2) is 4.39 Å². The fourth-order valence-corrected chi connectivity index (χ4v) is 2.21. The number of nitrogens with two attached hydrogens (primary N) is 1. The van der Waals surface area contributed by atoms with Crippen molar-refractivity contribution in [3.8, 4) is 0 Å². The van der Waals surface area contributed by atoms with Gasteiger partial charge in [0, 0.05) is 30.7 Å². The van der Waals surface area contributed by atoms with Crippen LogP contribution in [0.1, 0.15) is 12.0 Å². The molecule has 90 valence electrons. The molecule has 0 bridgehead atoms. The van der Waals surface area contributed by atoms with Gasteiger partial charge >= 0.3 is 0 Å². The Morgan fingerprint density at radius 1 is 1.44 bits per heavy atom. The van der Waals surface area contributed by atoms with Gasteiger partial charge in [0.1, 0.15) is 5.82 Å². The van der Waals surface area contributed by atoms with Crippen LogP contribution in [0, 0.1) is 5.82 Å². The van der Waals surface area contributed by atoms with Crippen LogP contribution in [-0.4, -0.2) is 24.0 Å². The predicted molar refractivity (Wildman–Crippen MR) is 66.5 cm³/mol. The summed E-state index contributed by atoms with van der Waals surface area (Å²) in [7, 11) is 0. The highest BCUT2D eigenvalue weighted by molar-refractivity contribution is 6.30. The Balaban J connectivity index is 0.00000128. The third-order valence-electron chi connectivity index (χ3n) is 2.64. The summed E-state index contributed by atoms with van der Waals surface area (Å²) in [6.45, 7) is 2.59. The molecule has 0 amide bonds. The third-order valence-corrected chi connectivity index (χ3v) is 2.86. The van der Waals surface area contributed by atoms with E-state index in [1.165, 1.54) is 12.1 Å². The minimum atomic E-state index is -0.277. The molecule has 1 fully saturated rings. The highest BCUT2D eigenvalue weighted by Gasteiger charge is 2.18. The Bertz CT molecular complexity index is 340. The SMILES string of the molecule is Cl.NC1CCN(Cc2cc(F)cc(Cl)c2)C1. The van der Waals surface area contributed by atoms with Crippen LogP contribution < -0.4 is 5.73 Å². The topological polar surface area (TPSA) is 29.3 Å². The number of hydrogen-bond donors (Lipinski definition) is 1. The van der Waals surface area contributed by atoms with E-state index in [4.69, 9.17) is 17.3 Å². The first kappa shape index (κ1) is 13.7. The molecule has 0 radical (unpaired) electrons. The molecule has 0 saturated carbocycles. The molecule has 2 N–H and O–H groups in total. The van der Waals surface area contributed by atoms with Crippen LogP contribution >= 0.6 is 24.0 Å². The van der Waals surface area contributed by atoms with Gasteiger partial charge in [-0.1, -0.05) is 11.6 Å². The molecule has 1 aliphatic heterocycles. The molecule has 5 heteroatoms. The molecular weight excluding hydrogens is 250 g/mol. The Labute approximate surface area is 106 Å². The summed E-state index contributed by atoms with van der Waals surface area (Å²) in [4.78, 5) is 2.22. The zero-order valence-electron chi connectivity index (χ0n) is 8.83. The largest absolute Gasteiger partial charge is 0.326 e. The molecule has 1 aromatic rings. The van der Waals surface area contributed by atoms with E-state index >= 15 is 0 Å². The van der Waals surface area contributed by atoms with E-state index in [0.29, 0.717) is 5.02 Å². The maximum Gasteiger partial charge on any atom is 0.125 e. The molecule has 0 aliphatic carbocycles. The van der Waals surface area contributed by atoms with Gasteiger partial charge in [-0.3, -0.25) is 4.90 Å². The van der Waals surface area contributed by atoms with Gasteiger partial charge in [0.15, 0.2) is 0 Å². The summed E-state index contributed by atoms with van der Waals surface area (Å²) >= 11 is 5.78. The van der Waals surface area contributed by atoms with Crippen molar-refractivity contribution < 1.29 is 4.39 Å². The van der Waals surface area contributed by atoms with Gasteiger partial charge in [0.25, 0.3) is 0 Å². The van der Waals surface area contributed by atoms with Crippen molar-refractivity contribution in [2.75, 3.05) is 13.1 Å². The Morgan fingerprint density at radius 2 is 2.19 bits per heavy atom. The molecule has 2 rings (SSSR count). The maximum atomic E-state index is 13.1. The van der Waals surface area contributed by atoms with Crippen molar-refractivity contribution in [3.63, 3.8) is 0 Å². The van der Waals surface area contributed by atoms with E-state index in [0.717, 1.165) is 31.6 Å². The van der Waals surface area contributed by atoms with E-state index in [1.807, 2.05) is 0 Å². The molecule has 1 heterocycles. The molecular formula is C11H15Cl2FN2. The fourth-order valence-electron chi connectivity index (χ4n) is 1.97. The minimum Gasteiger partial charge on any atom is -0.326 e. The molecule has 1 unspecified atom stereocenters. The Hall–Kier alpha value is -0.350. The lowest BCUT2D eigenvalue weighted by atomic mass is 10.2. The number of hydrogen-bond acceptors (Lipinski definition) is 2. The van der Waals surface area contributed by atoms with Crippen molar-refractivity contribution in [2.24, 2.45) is 5.73 Å². The molecule has 16 heavy (non-hydrogen) atoms. The lowest BCUT2D eigenvalue weighted by Gasteiger charge is -2.15. The van der Waals surface area contributed by atoms with Crippen molar-refractivity contribution in [1.29, 1.82) is 0 Å². The molecule has 2 nitrogen and oxygen atoms in total. The van der Waals surface area contributed by atoms with E-state index in [9.17, 15) is 4.39 Å². The normalized spacial score (nSPS) is 20.8. The van der Waals surface area contributed by atoms with Crippen LogP contribution in [0.25, 0.3) is 0 Å². The number of nitrogens with zero attached hydrogens (tertiary/aromatic N) is 1. The summed E-state index contributed by atoms with van der Waals surface area (Å²) in [5.74, 6) is -0.277. The van der Waals surface area contributed by atoms with Crippen LogP contribution in [0.4, 0.5) is 4.39 Å². The van der Waals surface area contributed by atoms with Gasteiger partial charge in [-0.2, -0.15) is 0 Å². The zero-order valence-corrected chi connectivity index (χ0v) is 10.4. The molecule has 1 atom stereocenters. The summed E-state index contributed by atoms with van der Waals surface area (Å²) < 4.78 is 13.1. The summed E-state index contributed by atoms with van der Waals surface area (Å²) in [5, 5.41) is 0.452. The molecule has 1 aromatic carbocycles. The van der Waals surface area contributed by atoms with Gasteiger partial charge in [-0.05, 0) is 30.2 Å². The van der Waals surface area contributed by atoms with E-state index in [1.54, 1.807) is 6.07 Å². The lowest BCUT2D eigenvalue weighted by molar-refractivity contribution is 0.326. The fraction of sp³-hybridized carbons (Fsp3) is 0.455. The van der Waals surface area contributed by atoms with Gasteiger partial charge in [0.05, 0.1) is 0 Å². The first-order valence-corrected chi connectivity index (χ1v) is 5.44. The summed E-state index contributed by atoms with van der Waals surface area (Å²) in [6, 6.07) is 4.90. The van der Waals surface area contributed by atoms with Crippen LogP contribution in [0.5, 0.6) is 0 Å². The quantitative estimate of drug-likeness (QED) is 0.889. The number of benzene rings is 1. The lowest BCUT2D eigenvalue weighted by Crippen LogP contribution is -2.26. The summed E-state index contributed by atoms with van der Waals surface area (Å²) in [6.07, 6.45) is 1.02. The summed E-state index contributed by atoms with van der Waals surface area (Å²) in [5.41, 5.74) is 6.71. The van der Waals surface area contributed by atoms with E-state index in [2.05, 4.69) is 4.90 Å². The average molecular weight is 265 g/mol. The van der Waals surface area contributed by atoms with E-state index in [-0.39, 0.29) is 24.3 Å². The van der Waals surface area contributed by atoms with Crippen LogP contribution in [0.3, 0.4) is 0 Å². The Kier molecular flexibility index (Phi) is 4.99. The molecule has 0 aromatic heterocycles. The zero-order chi connectivity index (χ0) is 10.8. The van der Waals surface area contributed by atoms with E-state index < -0.39 is 0 Å².